The van der Waals surface area contributed by atoms with Crippen LogP contribution in [0.3, 0.4) is 0 Å². The summed E-state index contributed by atoms with van der Waals surface area (Å²) in [5.41, 5.74) is 1.64. The molecule has 12 nitrogen and oxygen atoms in total. The molecule has 3 aromatic rings. The first-order valence-electron chi connectivity index (χ1n) is 18.5. The number of ether oxygens (including phenoxy) is 4. The number of methoxy groups -OCH3 is 1. The summed E-state index contributed by atoms with van der Waals surface area (Å²) in [4.78, 5) is 32.0. The number of hydrogen-bond acceptors (Lipinski definition) is 10. The Hall–Kier alpha value is -3.71. The van der Waals surface area contributed by atoms with Crippen molar-refractivity contribution in [2.45, 2.75) is 121 Å². The van der Waals surface area contributed by atoms with Gasteiger partial charge in [-0.3, -0.25) is 10.2 Å². The number of para-hydroxylation sites is 2. The van der Waals surface area contributed by atoms with Gasteiger partial charge in [-0.1, -0.05) is 68.1 Å². The molecule has 1 aliphatic carbocycles. The molecule has 1 saturated heterocycles. The molecular weight excluding hydrogens is 652 g/mol. The van der Waals surface area contributed by atoms with Crippen LogP contribution in [0.25, 0.3) is 11.1 Å². The Bertz CT molecular complexity index is 1470. The highest BCUT2D eigenvalue weighted by Gasteiger charge is 2.42. The number of rotatable bonds is 16. The third kappa shape index (κ3) is 11.6. The largest absolute Gasteiger partial charge is 0.445 e. The van der Waals surface area contributed by atoms with Crippen molar-refractivity contribution in [2.75, 3.05) is 26.8 Å². The van der Waals surface area contributed by atoms with Crippen molar-refractivity contribution in [1.82, 2.24) is 20.5 Å². The quantitative estimate of drug-likeness (QED) is 0.107. The van der Waals surface area contributed by atoms with Crippen LogP contribution in [0.1, 0.15) is 96.1 Å². The minimum Gasteiger partial charge on any atom is -0.445 e. The van der Waals surface area contributed by atoms with E-state index in [1.54, 1.807) is 12.0 Å². The number of likely N-dealkylation sites (tertiary alicyclic amines) is 1. The van der Waals surface area contributed by atoms with E-state index in [0.29, 0.717) is 68.3 Å². The summed E-state index contributed by atoms with van der Waals surface area (Å²) in [5, 5.41) is 18.1. The summed E-state index contributed by atoms with van der Waals surface area (Å²) < 4.78 is 29.6. The van der Waals surface area contributed by atoms with Crippen molar-refractivity contribution in [1.29, 1.82) is 0 Å². The Kier molecular flexibility index (Phi) is 14.1. The van der Waals surface area contributed by atoms with Crippen molar-refractivity contribution in [3.8, 4) is 0 Å². The Labute approximate surface area is 301 Å². The lowest BCUT2D eigenvalue weighted by Gasteiger charge is -2.33. The summed E-state index contributed by atoms with van der Waals surface area (Å²) in [5.74, 6) is 0.904. The fourth-order valence-electron chi connectivity index (χ4n) is 6.98. The number of nitrogens with zero attached hydrogens (tertiary/aromatic N) is 2. The van der Waals surface area contributed by atoms with Crippen LogP contribution in [0.5, 0.6) is 0 Å². The molecule has 5 atom stereocenters. The van der Waals surface area contributed by atoms with E-state index >= 15 is 0 Å². The SMILES string of the molecule is COC(c1nc2ccccc2o1)[C@H](CCCCNC(=O)OC(C)(C)C)NC(O)[C@@H]1C[C@@H](OCC2CCCCC2)CN1C(=O)OCc1ccccc1. The third-order valence-corrected chi connectivity index (χ3v) is 9.57. The van der Waals surface area contributed by atoms with Gasteiger partial charge in [0.05, 0.1) is 18.7 Å². The number of alkyl carbamates (subject to hydrolysis) is 1. The van der Waals surface area contributed by atoms with E-state index in [2.05, 4.69) is 10.6 Å². The first-order valence-corrected chi connectivity index (χ1v) is 18.5. The van der Waals surface area contributed by atoms with Gasteiger partial charge in [0.15, 0.2) is 5.58 Å². The van der Waals surface area contributed by atoms with Crippen molar-refractivity contribution in [3.63, 3.8) is 0 Å². The van der Waals surface area contributed by atoms with Gasteiger partial charge in [0.1, 0.15) is 30.1 Å². The molecule has 0 bridgehead atoms. The summed E-state index contributed by atoms with van der Waals surface area (Å²) in [6.07, 6.45) is 5.41. The van der Waals surface area contributed by atoms with Crippen LogP contribution in [-0.2, 0) is 25.6 Å². The van der Waals surface area contributed by atoms with Crippen molar-refractivity contribution < 1.29 is 38.1 Å². The summed E-state index contributed by atoms with van der Waals surface area (Å²) in [7, 11) is 1.59. The predicted molar refractivity (Wildman–Crippen MR) is 193 cm³/mol. The highest BCUT2D eigenvalue weighted by Crippen LogP contribution is 2.31. The number of carbonyl (C=O) groups is 2. The van der Waals surface area contributed by atoms with Crippen LogP contribution >= 0.6 is 0 Å². The number of oxazole rings is 1. The number of aromatic nitrogens is 1. The number of carbonyl (C=O) groups excluding carboxylic acids is 2. The van der Waals surface area contributed by atoms with Crippen molar-refractivity contribution in [3.05, 3.63) is 66.1 Å². The van der Waals surface area contributed by atoms with Crippen LogP contribution in [0.4, 0.5) is 9.59 Å². The lowest BCUT2D eigenvalue weighted by atomic mass is 9.90. The molecule has 0 spiro atoms. The van der Waals surface area contributed by atoms with Crippen LogP contribution in [0, 0.1) is 5.92 Å². The van der Waals surface area contributed by atoms with E-state index in [1.807, 2.05) is 75.4 Å². The van der Waals surface area contributed by atoms with Gasteiger partial charge < -0.3 is 33.8 Å². The highest BCUT2D eigenvalue weighted by atomic mass is 16.6. The number of benzene rings is 2. The normalized spacial score (nSPS) is 20.2. The average Bonchev–Trinajstić information content (AvgIpc) is 3.75. The number of aliphatic hydroxyl groups excluding tert-OH is 1. The second-order valence-corrected chi connectivity index (χ2v) is 14.8. The molecule has 5 rings (SSSR count). The molecule has 51 heavy (non-hydrogen) atoms. The number of fused-ring (bicyclic) bond motifs is 1. The van der Waals surface area contributed by atoms with Crippen LogP contribution in [0.15, 0.2) is 59.0 Å². The van der Waals surface area contributed by atoms with Crippen LogP contribution in [-0.4, -0.2) is 84.0 Å². The van der Waals surface area contributed by atoms with Crippen molar-refractivity contribution >= 4 is 23.3 Å². The van der Waals surface area contributed by atoms with Gasteiger partial charge in [-0.05, 0) is 76.5 Å². The molecule has 2 heterocycles. The first-order chi connectivity index (χ1) is 24.6. The molecule has 0 radical (unpaired) electrons. The molecular formula is C39H56N4O8. The highest BCUT2D eigenvalue weighted by molar-refractivity contribution is 5.72. The second kappa shape index (κ2) is 18.7. The molecule has 2 amide bonds. The fourth-order valence-corrected chi connectivity index (χ4v) is 6.98. The number of hydrogen-bond donors (Lipinski definition) is 3. The predicted octanol–water partition coefficient (Wildman–Crippen LogP) is 6.86. The second-order valence-electron chi connectivity index (χ2n) is 14.8. The zero-order valence-corrected chi connectivity index (χ0v) is 30.6. The van der Waals surface area contributed by atoms with E-state index in [0.717, 1.165) is 18.4 Å². The molecule has 2 aliphatic rings. The molecule has 1 saturated carbocycles. The van der Waals surface area contributed by atoms with Gasteiger partial charge >= 0.3 is 12.2 Å². The molecule has 2 fully saturated rings. The van der Waals surface area contributed by atoms with Gasteiger partial charge in [0, 0.05) is 26.3 Å². The Morgan fingerprint density at radius 3 is 2.51 bits per heavy atom. The molecule has 3 N–H and O–H groups in total. The minimum atomic E-state index is -1.13. The lowest BCUT2D eigenvalue weighted by molar-refractivity contribution is -0.0106. The number of unbranched alkanes of at least 4 members (excludes halogenated alkanes) is 1. The van der Waals surface area contributed by atoms with E-state index < -0.39 is 42.2 Å². The van der Waals surface area contributed by atoms with Gasteiger partial charge in [-0.15, -0.1) is 0 Å². The zero-order valence-electron chi connectivity index (χ0n) is 30.6. The molecule has 12 heteroatoms. The first kappa shape index (κ1) is 38.5. The summed E-state index contributed by atoms with van der Waals surface area (Å²) in [6, 6.07) is 16.0. The van der Waals surface area contributed by atoms with Crippen LogP contribution in [0.2, 0.25) is 0 Å². The molecule has 280 valence electrons. The summed E-state index contributed by atoms with van der Waals surface area (Å²) in [6.45, 7) is 7.00. The van der Waals surface area contributed by atoms with Gasteiger partial charge in [0.25, 0.3) is 0 Å². The van der Waals surface area contributed by atoms with E-state index in [9.17, 15) is 14.7 Å². The Morgan fingerprint density at radius 1 is 1.04 bits per heavy atom. The average molecular weight is 709 g/mol. The maximum absolute atomic E-state index is 13.6. The van der Waals surface area contributed by atoms with Gasteiger partial charge in [-0.25, -0.2) is 14.6 Å². The molecule has 2 unspecified atom stereocenters. The number of aliphatic hydroxyl groups is 1. The smallest absolute Gasteiger partial charge is 0.410 e. The van der Waals surface area contributed by atoms with E-state index in [1.165, 1.54) is 19.3 Å². The maximum atomic E-state index is 13.6. The Morgan fingerprint density at radius 2 is 1.78 bits per heavy atom. The zero-order chi connectivity index (χ0) is 36.2. The molecule has 1 aromatic heterocycles. The monoisotopic (exact) mass is 708 g/mol. The number of nitrogens with one attached hydrogen (secondary N) is 2. The van der Waals surface area contributed by atoms with Crippen LogP contribution < -0.4 is 10.6 Å². The standard InChI is InChI=1S/C39H56N4O8/c1-39(2,3)51-37(45)40-22-14-13-20-31(34(47-4)36-42-30-19-11-12-21-33(30)50-36)41-35(44)32-23-29(48-25-27-15-7-5-8-16-27)24-43(32)38(46)49-26-28-17-9-6-10-18-28/h6,9-12,17-19,21,27,29,31-32,34-35,41,44H,5,7-8,13-16,20,22-26H2,1-4H3,(H,40,45)/t29-,31+,32+,34?,35?/m1/s1. The topological polar surface area (TPSA) is 145 Å². The number of amides is 2. The fraction of sp³-hybridized carbons (Fsp3) is 0.615. The maximum Gasteiger partial charge on any atom is 0.410 e. The summed E-state index contributed by atoms with van der Waals surface area (Å²) >= 11 is 0. The van der Waals surface area contributed by atoms with E-state index in [4.69, 9.17) is 28.3 Å². The lowest BCUT2D eigenvalue weighted by Crippen LogP contribution is -2.53. The molecule has 1 aliphatic heterocycles. The minimum absolute atomic E-state index is 0.128. The van der Waals surface area contributed by atoms with Crippen molar-refractivity contribution in [2.24, 2.45) is 5.92 Å². The Balaban J connectivity index is 1.29. The third-order valence-electron chi connectivity index (χ3n) is 9.57. The van der Waals surface area contributed by atoms with Gasteiger partial charge in [0.2, 0.25) is 5.89 Å². The van der Waals surface area contributed by atoms with E-state index in [-0.39, 0.29) is 12.7 Å². The molecule has 2 aromatic carbocycles. The van der Waals surface area contributed by atoms with Gasteiger partial charge in [-0.2, -0.15) is 0 Å².